The van der Waals surface area contributed by atoms with Crippen LogP contribution in [0.15, 0.2) is 12.1 Å². The Balaban J connectivity index is 2.00. The fraction of sp³-hybridized carbons (Fsp3) is 0.538. The van der Waals surface area contributed by atoms with E-state index in [2.05, 4.69) is 16.7 Å². The molecule has 0 unspecified atom stereocenters. The molecule has 0 spiro atoms. The number of halogens is 1. The molecule has 1 aliphatic rings. The second-order valence-corrected chi connectivity index (χ2v) is 4.97. The van der Waals surface area contributed by atoms with Gasteiger partial charge in [-0.1, -0.05) is 17.7 Å². The Kier molecular flexibility index (Phi) is 4.26. The zero-order chi connectivity index (χ0) is 12.3. The van der Waals surface area contributed by atoms with Crippen molar-refractivity contribution in [2.24, 2.45) is 0 Å². The number of anilines is 1. The lowest BCUT2D eigenvalue weighted by atomic mass is 9.96. The average Bonchev–Trinajstić information content (AvgIpc) is 2.31. The monoisotopic (exact) mass is 254 g/mol. The molecule has 0 fully saturated rings. The molecule has 17 heavy (non-hydrogen) atoms. The fourth-order valence-corrected chi connectivity index (χ4v) is 2.38. The quantitative estimate of drug-likeness (QED) is 0.720. The molecule has 4 heteroatoms. The number of hydrogen-bond acceptors (Lipinski definition) is 3. The van der Waals surface area contributed by atoms with Crippen molar-refractivity contribution in [1.82, 2.24) is 5.32 Å². The molecule has 0 amide bonds. The molecule has 1 heterocycles. The molecule has 2 rings (SSSR count). The van der Waals surface area contributed by atoms with E-state index < -0.39 is 0 Å². The van der Waals surface area contributed by atoms with Gasteiger partial charge in [-0.2, -0.15) is 0 Å². The number of nitrogens with one attached hydrogen (secondary N) is 2. The minimum Gasteiger partial charge on any atom is -0.395 e. The lowest BCUT2D eigenvalue weighted by molar-refractivity contribution is 0.291. The van der Waals surface area contributed by atoms with Crippen molar-refractivity contribution in [3.8, 4) is 0 Å². The standard InChI is InChI=1S/C13H19ClN2O/c1-9-6-10-2-3-11(8-15-4-5-17)16-13(10)7-12(9)14/h6-7,11,15-17H,2-5,8H2,1H3/t11-/m0/s1. The second-order valence-electron chi connectivity index (χ2n) is 4.57. The summed E-state index contributed by atoms with van der Waals surface area (Å²) in [6.07, 6.45) is 2.21. The Morgan fingerprint density at radius 3 is 3.12 bits per heavy atom. The molecule has 0 aliphatic carbocycles. The van der Waals surface area contributed by atoms with Crippen LogP contribution in [-0.4, -0.2) is 30.8 Å². The summed E-state index contributed by atoms with van der Waals surface area (Å²) in [4.78, 5) is 0. The molecule has 0 aromatic heterocycles. The minimum atomic E-state index is 0.189. The van der Waals surface area contributed by atoms with Crippen LogP contribution in [0.25, 0.3) is 0 Å². The lowest BCUT2D eigenvalue weighted by Crippen LogP contribution is -2.37. The van der Waals surface area contributed by atoms with E-state index >= 15 is 0 Å². The van der Waals surface area contributed by atoms with Crippen molar-refractivity contribution in [3.63, 3.8) is 0 Å². The van der Waals surface area contributed by atoms with Crippen molar-refractivity contribution in [2.75, 3.05) is 25.0 Å². The van der Waals surface area contributed by atoms with Crippen LogP contribution in [0.4, 0.5) is 5.69 Å². The van der Waals surface area contributed by atoms with Gasteiger partial charge in [0.2, 0.25) is 0 Å². The first-order valence-electron chi connectivity index (χ1n) is 6.08. The van der Waals surface area contributed by atoms with Crippen molar-refractivity contribution >= 4 is 17.3 Å². The summed E-state index contributed by atoms with van der Waals surface area (Å²) in [5.41, 5.74) is 3.65. The highest BCUT2D eigenvalue weighted by molar-refractivity contribution is 6.31. The first kappa shape index (κ1) is 12.7. The predicted molar refractivity (Wildman–Crippen MR) is 71.9 cm³/mol. The van der Waals surface area contributed by atoms with Crippen LogP contribution in [0.2, 0.25) is 5.02 Å². The molecule has 3 N–H and O–H groups in total. The van der Waals surface area contributed by atoms with Crippen molar-refractivity contribution < 1.29 is 5.11 Å². The molecule has 1 aliphatic heterocycles. The first-order valence-corrected chi connectivity index (χ1v) is 6.45. The van der Waals surface area contributed by atoms with E-state index in [0.717, 1.165) is 35.7 Å². The van der Waals surface area contributed by atoms with Crippen LogP contribution in [0, 0.1) is 6.92 Å². The van der Waals surface area contributed by atoms with Gasteiger partial charge in [-0.3, -0.25) is 0 Å². The summed E-state index contributed by atoms with van der Waals surface area (Å²) in [7, 11) is 0. The second kappa shape index (κ2) is 5.71. The smallest absolute Gasteiger partial charge is 0.0555 e. The van der Waals surface area contributed by atoms with Gasteiger partial charge >= 0.3 is 0 Å². The fourth-order valence-electron chi connectivity index (χ4n) is 2.21. The van der Waals surface area contributed by atoms with E-state index in [1.165, 1.54) is 5.56 Å². The molecule has 94 valence electrons. The number of fused-ring (bicyclic) bond motifs is 1. The van der Waals surface area contributed by atoms with Crippen molar-refractivity contribution in [3.05, 3.63) is 28.3 Å². The largest absolute Gasteiger partial charge is 0.395 e. The van der Waals surface area contributed by atoms with Crippen LogP contribution in [0.3, 0.4) is 0 Å². The van der Waals surface area contributed by atoms with Crippen LogP contribution in [0.1, 0.15) is 17.5 Å². The average molecular weight is 255 g/mol. The topological polar surface area (TPSA) is 44.3 Å². The highest BCUT2D eigenvalue weighted by atomic mass is 35.5. The highest BCUT2D eigenvalue weighted by Crippen LogP contribution is 2.30. The highest BCUT2D eigenvalue weighted by Gasteiger charge is 2.18. The number of aliphatic hydroxyl groups is 1. The lowest BCUT2D eigenvalue weighted by Gasteiger charge is -2.28. The molecule has 1 aromatic carbocycles. The first-order chi connectivity index (χ1) is 8.20. The molecule has 0 bridgehead atoms. The maximum atomic E-state index is 8.72. The summed E-state index contributed by atoms with van der Waals surface area (Å²) < 4.78 is 0. The van der Waals surface area contributed by atoms with Crippen molar-refractivity contribution in [2.45, 2.75) is 25.8 Å². The van der Waals surface area contributed by atoms with Gasteiger partial charge in [-0.15, -0.1) is 0 Å². The molecule has 1 atom stereocenters. The molecule has 1 aromatic rings. The van der Waals surface area contributed by atoms with Gasteiger partial charge in [0.25, 0.3) is 0 Å². The van der Waals surface area contributed by atoms with E-state index in [1.807, 2.05) is 13.0 Å². The summed E-state index contributed by atoms with van der Waals surface area (Å²) >= 11 is 6.13. The number of hydrogen-bond donors (Lipinski definition) is 3. The molecular weight excluding hydrogens is 236 g/mol. The van der Waals surface area contributed by atoms with Gasteiger partial charge in [0, 0.05) is 29.8 Å². The van der Waals surface area contributed by atoms with Gasteiger partial charge in [0.1, 0.15) is 0 Å². The molecule has 3 nitrogen and oxygen atoms in total. The van der Waals surface area contributed by atoms with E-state index in [-0.39, 0.29) is 6.61 Å². The van der Waals surface area contributed by atoms with E-state index in [0.29, 0.717) is 12.6 Å². The third-order valence-electron chi connectivity index (χ3n) is 3.19. The molecule has 0 saturated carbocycles. The zero-order valence-electron chi connectivity index (χ0n) is 10.1. The Morgan fingerprint density at radius 1 is 1.53 bits per heavy atom. The SMILES string of the molecule is Cc1cc2c(cc1Cl)N[C@H](CNCCO)CC2. The van der Waals surface area contributed by atoms with Gasteiger partial charge in [-0.25, -0.2) is 0 Å². The summed E-state index contributed by atoms with van der Waals surface area (Å²) in [6.45, 7) is 3.76. The van der Waals surface area contributed by atoms with Crippen LogP contribution < -0.4 is 10.6 Å². The Bertz CT molecular complexity index is 395. The number of aryl methyl sites for hydroxylation is 2. The summed E-state index contributed by atoms with van der Waals surface area (Å²) in [6, 6.07) is 4.61. The Hall–Kier alpha value is -0.770. The third-order valence-corrected chi connectivity index (χ3v) is 3.59. The predicted octanol–water partition coefficient (Wildman–Crippen LogP) is 1.96. The van der Waals surface area contributed by atoms with Crippen molar-refractivity contribution in [1.29, 1.82) is 0 Å². The number of rotatable bonds is 4. The molecular formula is C13H19ClN2O. The van der Waals surface area contributed by atoms with Crippen LogP contribution in [0.5, 0.6) is 0 Å². The van der Waals surface area contributed by atoms with Gasteiger partial charge in [0.15, 0.2) is 0 Å². The number of benzene rings is 1. The molecule has 0 saturated heterocycles. The normalized spacial score (nSPS) is 18.6. The Morgan fingerprint density at radius 2 is 2.35 bits per heavy atom. The maximum Gasteiger partial charge on any atom is 0.0555 e. The van der Waals surface area contributed by atoms with E-state index in [1.54, 1.807) is 0 Å². The number of aliphatic hydroxyl groups excluding tert-OH is 1. The summed E-state index contributed by atoms with van der Waals surface area (Å²) in [5.74, 6) is 0. The summed E-state index contributed by atoms with van der Waals surface area (Å²) in [5, 5.41) is 16.3. The van der Waals surface area contributed by atoms with E-state index in [9.17, 15) is 0 Å². The van der Waals surface area contributed by atoms with Gasteiger partial charge < -0.3 is 15.7 Å². The zero-order valence-corrected chi connectivity index (χ0v) is 10.8. The Labute approximate surface area is 107 Å². The van der Waals surface area contributed by atoms with Gasteiger partial charge in [-0.05, 0) is 37.0 Å². The van der Waals surface area contributed by atoms with Gasteiger partial charge in [0.05, 0.1) is 6.61 Å². The van der Waals surface area contributed by atoms with E-state index in [4.69, 9.17) is 16.7 Å². The third kappa shape index (κ3) is 3.12. The van der Waals surface area contributed by atoms with Crippen LogP contribution >= 0.6 is 11.6 Å². The van der Waals surface area contributed by atoms with Crippen LogP contribution in [-0.2, 0) is 6.42 Å². The minimum absolute atomic E-state index is 0.189. The maximum absolute atomic E-state index is 8.72. The molecule has 0 radical (unpaired) electrons.